The monoisotopic (exact) mass is 253 g/mol. The lowest BCUT2D eigenvalue weighted by atomic mass is 10.1. The van der Waals surface area contributed by atoms with Gasteiger partial charge < -0.3 is 4.74 Å². The summed E-state index contributed by atoms with van der Waals surface area (Å²) >= 11 is 0. The highest BCUT2D eigenvalue weighted by molar-refractivity contribution is 5.58. The number of rotatable bonds is 6. The Kier molecular flexibility index (Phi) is 5.17. The van der Waals surface area contributed by atoms with Crippen LogP contribution in [0, 0.1) is 0 Å². The first-order chi connectivity index (χ1) is 9.38. The standard InChI is InChI=1S/C17H19NO/c1-2-3-7-15-10-12-16(13-11-15)18-14-19-17-8-5-4-6-9-17/h4-6,8-14H,2-3,7H2,1H3. The van der Waals surface area contributed by atoms with Crippen molar-refractivity contribution in [2.24, 2.45) is 4.99 Å². The van der Waals surface area contributed by atoms with E-state index in [4.69, 9.17) is 4.74 Å². The van der Waals surface area contributed by atoms with Gasteiger partial charge in [-0.15, -0.1) is 0 Å². The topological polar surface area (TPSA) is 21.6 Å². The van der Waals surface area contributed by atoms with Crippen LogP contribution < -0.4 is 4.74 Å². The number of aryl methyl sites for hydroxylation is 1. The summed E-state index contributed by atoms with van der Waals surface area (Å²) in [5.41, 5.74) is 2.28. The lowest BCUT2D eigenvalue weighted by molar-refractivity contribution is 0.574. The predicted octanol–water partition coefficient (Wildman–Crippen LogP) is 4.77. The third-order valence-corrected chi connectivity index (χ3v) is 2.89. The molecule has 0 bridgehead atoms. The van der Waals surface area contributed by atoms with E-state index < -0.39 is 0 Å². The third-order valence-electron chi connectivity index (χ3n) is 2.89. The summed E-state index contributed by atoms with van der Waals surface area (Å²) < 4.78 is 5.41. The minimum Gasteiger partial charge on any atom is -0.446 e. The smallest absolute Gasteiger partial charge is 0.181 e. The third kappa shape index (κ3) is 4.59. The highest BCUT2D eigenvalue weighted by atomic mass is 16.5. The fraction of sp³-hybridized carbons (Fsp3) is 0.235. The number of para-hydroxylation sites is 1. The lowest BCUT2D eigenvalue weighted by Gasteiger charge is -2.00. The van der Waals surface area contributed by atoms with E-state index in [0.717, 1.165) is 17.9 Å². The van der Waals surface area contributed by atoms with Gasteiger partial charge in [0.05, 0.1) is 5.69 Å². The molecule has 0 fully saturated rings. The SMILES string of the molecule is CCCCc1ccc(N=COc2ccccc2)cc1. The van der Waals surface area contributed by atoms with Gasteiger partial charge in [0.2, 0.25) is 0 Å². The Bertz CT molecular complexity index is 503. The number of nitrogens with zero attached hydrogens (tertiary/aromatic N) is 1. The van der Waals surface area contributed by atoms with Crippen LogP contribution in [0.4, 0.5) is 5.69 Å². The Morgan fingerprint density at radius 2 is 1.74 bits per heavy atom. The molecule has 19 heavy (non-hydrogen) atoms. The molecule has 2 heteroatoms. The number of benzene rings is 2. The van der Waals surface area contributed by atoms with Gasteiger partial charge >= 0.3 is 0 Å². The van der Waals surface area contributed by atoms with Crippen molar-refractivity contribution < 1.29 is 4.74 Å². The Labute approximate surface area is 114 Å². The Hall–Kier alpha value is -2.09. The number of aliphatic imine (C=N–C) groups is 1. The van der Waals surface area contributed by atoms with Gasteiger partial charge in [-0.2, -0.15) is 0 Å². The molecule has 0 saturated carbocycles. The van der Waals surface area contributed by atoms with Gasteiger partial charge in [0, 0.05) is 0 Å². The highest BCUT2D eigenvalue weighted by Gasteiger charge is 1.93. The van der Waals surface area contributed by atoms with Crippen LogP contribution in [0.25, 0.3) is 0 Å². The van der Waals surface area contributed by atoms with Crippen molar-refractivity contribution >= 4 is 12.1 Å². The first-order valence-electron chi connectivity index (χ1n) is 6.71. The first-order valence-corrected chi connectivity index (χ1v) is 6.71. The number of hydrogen-bond acceptors (Lipinski definition) is 2. The van der Waals surface area contributed by atoms with Gasteiger partial charge in [0.1, 0.15) is 5.75 Å². The molecule has 2 aromatic carbocycles. The minimum absolute atomic E-state index is 0.797. The van der Waals surface area contributed by atoms with Gasteiger partial charge in [-0.1, -0.05) is 43.7 Å². The number of ether oxygens (including phenoxy) is 1. The molecule has 0 heterocycles. The second kappa shape index (κ2) is 7.37. The van der Waals surface area contributed by atoms with Crippen LogP contribution in [0.5, 0.6) is 5.75 Å². The summed E-state index contributed by atoms with van der Waals surface area (Å²) in [4.78, 5) is 4.28. The van der Waals surface area contributed by atoms with E-state index >= 15 is 0 Å². The summed E-state index contributed by atoms with van der Waals surface area (Å²) in [7, 11) is 0. The van der Waals surface area contributed by atoms with Crippen LogP contribution >= 0.6 is 0 Å². The van der Waals surface area contributed by atoms with Crippen molar-refractivity contribution in [3.8, 4) is 5.75 Å². The molecule has 0 aliphatic carbocycles. The molecule has 0 aliphatic heterocycles. The summed E-state index contributed by atoms with van der Waals surface area (Å²) in [6, 6.07) is 17.9. The molecular weight excluding hydrogens is 234 g/mol. The van der Waals surface area contributed by atoms with Crippen LogP contribution in [-0.2, 0) is 6.42 Å². The highest BCUT2D eigenvalue weighted by Crippen LogP contribution is 2.14. The fourth-order valence-electron chi connectivity index (χ4n) is 1.78. The Balaban J connectivity index is 1.88. The molecule has 0 amide bonds. The predicted molar refractivity (Wildman–Crippen MR) is 80.3 cm³/mol. The van der Waals surface area contributed by atoms with E-state index in [0.29, 0.717) is 0 Å². The maximum absolute atomic E-state index is 5.41. The molecule has 2 aromatic rings. The maximum Gasteiger partial charge on any atom is 0.181 e. The van der Waals surface area contributed by atoms with Crippen molar-refractivity contribution in [1.29, 1.82) is 0 Å². The molecule has 0 spiro atoms. The maximum atomic E-state index is 5.41. The summed E-state index contributed by atoms with van der Waals surface area (Å²) in [5.74, 6) is 0.797. The molecule has 0 N–H and O–H groups in total. The number of hydrogen-bond donors (Lipinski definition) is 0. The minimum atomic E-state index is 0.797. The van der Waals surface area contributed by atoms with E-state index in [-0.39, 0.29) is 0 Å². The zero-order valence-corrected chi connectivity index (χ0v) is 11.3. The van der Waals surface area contributed by atoms with Crippen LogP contribution in [0.1, 0.15) is 25.3 Å². The second-order valence-electron chi connectivity index (χ2n) is 4.44. The zero-order valence-electron chi connectivity index (χ0n) is 11.3. The summed E-state index contributed by atoms with van der Waals surface area (Å²) in [6.07, 6.45) is 5.09. The van der Waals surface area contributed by atoms with Gasteiger partial charge in [-0.05, 0) is 42.7 Å². The van der Waals surface area contributed by atoms with Crippen molar-refractivity contribution in [1.82, 2.24) is 0 Å². The Morgan fingerprint density at radius 3 is 2.42 bits per heavy atom. The molecule has 0 unspecified atom stereocenters. The van der Waals surface area contributed by atoms with Crippen LogP contribution in [0.2, 0.25) is 0 Å². The van der Waals surface area contributed by atoms with Crippen LogP contribution in [-0.4, -0.2) is 6.40 Å². The molecule has 0 radical (unpaired) electrons. The van der Waals surface area contributed by atoms with Crippen molar-refractivity contribution in [3.63, 3.8) is 0 Å². The van der Waals surface area contributed by atoms with Crippen LogP contribution in [0.15, 0.2) is 59.6 Å². The second-order valence-corrected chi connectivity index (χ2v) is 4.44. The van der Waals surface area contributed by atoms with Crippen molar-refractivity contribution in [2.45, 2.75) is 26.2 Å². The first kappa shape index (κ1) is 13.3. The van der Waals surface area contributed by atoms with E-state index in [1.807, 2.05) is 42.5 Å². The molecule has 0 atom stereocenters. The average Bonchev–Trinajstić information content (AvgIpc) is 2.47. The average molecular weight is 253 g/mol. The van der Waals surface area contributed by atoms with Gasteiger partial charge in [-0.25, -0.2) is 4.99 Å². The molecular formula is C17H19NO. The van der Waals surface area contributed by atoms with Crippen molar-refractivity contribution in [2.75, 3.05) is 0 Å². The van der Waals surface area contributed by atoms with Gasteiger partial charge in [-0.3, -0.25) is 0 Å². The lowest BCUT2D eigenvalue weighted by Crippen LogP contribution is -1.88. The number of unbranched alkanes of at least 4 members (excludes halogenated alkanes) is 1. The Morgan fingerprint density at radius 1 is 1.00 bits per heavy atom. The molecule has 0 saturated heterocycles. The molecule has 0 aromatic heterocycles. The fourth-order valence-corrected chi connectivity index (χ4v) is 1.78. The van der Waals surface area contributed by atoms with Crippen LogP contribution in [0.3, 0.4) is 0 Å². The molecule has 0 aliphatic rings. The quantitative estimate of drug-likeness (QED) is 0.537. The normalized spacial score (nSPS) is 10.8. The summed E-state index contributed by atoms with van der Waals surface area (Å²) in [6.45, 7) is 2.21. The van der Waals surface area contributed by atoms with E-state index in [2.05, 4.69) is 24.0 Å². The molecule has 98 valence electrons. The summed E-state index contributed by atoms with van der Waals surface area (Å²) in [5, 5.41) is 0. The largest absolute Gasteiger partial charge is 0.446 e. The van der Waals surface area contributed by atoms with E-state index in [1.165, 1.54) is 24.8 Å². The van der Waals surface area contributed by atoms with E-state index in [1.54, 1.807) is 0 Å². The van der Waals surface area contributed by atoms with Gasteiger partial charge in [0.25, 0.3) is 0 Å². The van der Waals surface area contributed by atoms with E-state index in [9.17, 15) is 0 Å². The van der Waals surface area contributed by atoms with Gasteiger partial charge in [0.15, 0.2) is 6.40 Å². The zero-order chi connectivity index (χ0) is 13.3. The molecule has 2 nitrogen and oxygen atoms in total. The molecule has 2 rings (SSSR count). The van der Waals surface area contributed by atoms with Crippen molar-refractivity contribution in [3.05, 3.63) is 60.2 Å².